The minimum absolute atomic E-state index is 0.0132. The topological polar surface area (TPSA) is 105 Å². The van der Waals surface area contributed by atoms with E-state index in [1.165, 1.54) is 12.1 Å². The first-order chi connectivity index (χ1) is 8.56. The third-order valence-corrected chi connectivity index (χ3v) is 2.13. The molecule has 0 aliphatic rings. The lowest BCUT2D eigenvalue weighted by Gasteiger charge is -2.06. The summed E-state index contributed by atoms with van der Waals surface area (Å²) >= 11 is 0. The Hall–Kier alpha value is -2.15. The molecule has 0 bridgehead atoms. The van der Waals surface area contributed by atoms with E-state index in [1.807, 2.05) is 6.92 Å². The van der Waals surface area contributed by atoms with Crippen molar-refractivity contribution in [3.8, 4) is 0 Å². The number of esters is 1. The Balaban J connectivity index is 2.72. The van der Waals surface area contributed by atoms with Gasteiger partial charge in [-0.15, -0.1) is 0 Å². The van der Waals surface area contributed by atoms with E-state index in [-0.39, 0.29) is 30.2 Å². The number of nitro groups is 1. The molecule has 1 aromatic carbocycles. The molecule has 98 valence electrons. The molecule has 2 N–H and O–H groups in total. The predicted octanol–water partition coefficient (Wildman–Crippen LogP) is 1.37. The van der Waals surface area contributed by atoms with E-state index >= 15 is 0 Å². The van der Waals surface area contributed by atoms with Gasteiger partial charge in [-0.3, -0.25) is 10.1 Å². The molecule has 18 heavy (non-hydrogen) atoms. The number of ether oxygens (including phenoxy) is 2. The molecule has 0 aliphatic heterocycles. The van der Waals surface area contributed by atoms with Gasteiger partial charge in [0, 0.05) is 24.4 Å². The molecule has 0 saturated carbocycles. The van der Waals surface area contributed by atoms with Gasteiger partial charge in [-0.2, -0.15) is 0 Å². The molecule has 0 atom stereocenters. The molecule has 0 unspecified atom stereocenters. The highest BCUT2D eigenvalue weighted by Gasteiger charge is 2.16. The fourth-order valence-electron chi connectivity index (χ4n) is 1.25. The van der Waals surface area contributed by atoms with Gasteiger partial charge in [0.1, 0.15) is 6.61 Å². The molecule has 7 nitrogen and oxygen atoms in total. The Bertz CT molecular complexity index is 447. The van der Waals surface area contributed by atoms with Gasteiger partial charge in [0.2, 0.25) is 0 Å². The fourth-order valence-corrected chi connectivity index (χ4v) is 1.25. The molecule has 1 aromatic rings. The zero-order valence-electron chi connectivity index (χ0n) is 9.92. The minimum Gasteiger partial charge on any atom is -0.460 e. The number of rotatable bonds is 6. The van der Waals surface area contributed by atoms with Crippen LogP contribution in [-0.4, -0.2) is 30.7 Å². The maximum absolute atomic E-state index is 11.6. The number of nitrogens with zero attached hydrogens (tertiary/aromatic N) is 1. The van der Waals surface area contributed by atoms with E-state index < -0.39 is 10.9 Å². The van der Waals surface area contributed by atoms with Gasteiger partial charge in [-0.25, -0.2) is 4.79 Å². The largest absolute Gasteiger partial charge is 0.460 e. The normalized spacial score (nSPS) is 10.1. The number of nitro benzene ring substituents is 1. The van der Waals surface area contributed by atoms with Crippen LogP contribution in [-0.2, 0) is 9.47 Å². The van der Waals surface area contributed by atoms with E-state index in [0.717, 1.165) is 6.07 Å². The summed E-state index contributed by atoms with van der Waals surface area (Å²) in [6.07, 6.45) is 0. The van der Waals surface area contributed by atoms with E-state index in [9.17, 15) is 14.9 Å². The highest BCUT2D eigenvalue weighted by Crippen LogP contribution is 2.20. The second-order valence-electron chi connectivity index (χ2n) is 3.36. The molecule has 0 saturated heterocycles. The summed E-state index contributed by atoms with van der Waals surface area (Å²) < 4.78 is 9.87. The molecular weight excluding hydrogens is 240 g/mol. The molecule has 0 amide bonds. The number of nitrogen functional groups attached to an aromatic ring is 1. The van der Waals surface area contributed by atoms with Crippen molar-refractivity contribution in [1.82, 2.24) is 0 Å². The van der Waals surface area contributed by atoms with E-state index in [2.05, 4.69) is 0 Å². The van der Waals surface area contributed by atoms with Gasteiger partial charge in [0.15, 0.2) is 0 Å². The lowest BCUT2D eigenvalue weighted by molar-refractivity contribution is -0.384. The summed E-state index contributed by atoms with van der Waals surface area (Å²) in [5, 5.41) is 10.6. The minimum atomic E-state index is -0.698. The van der Waals surface area contributed by atoms with Gasteiger partial charge >= 0.3 is 5.97 Å². The van der Waals surface area contributed by atoms with Crippen LogP contribution in [0.5, 0.6) is 0 Å². The zero-order valence-corrected chi connectivity index (χ0v) is 9.92. The van der Waals surface area contributed by atoms with Crippen LogP contribution in [0.3, 0.4) is 0 Å². The molecular formula is C11H14N2O5. The highest BCUT2D eigenvalue weighted by molar-refractivity contribution is 5.95. The van der Waals surface area contributed by atoms with Gasteiger partial charge in [-0.1, -0.05) is 0 Å². The van der Waals surface area contributed by atoms with Crippen LogP contribution < -0.4 is 5.73 Å². The predicted molar refractivity (Wildman–Crippen MR) is 64.3 cm³/mol. The van der Waals surface area contributed by atoms with Crippen molar-refractivity contribution in [3.05, 3.63) is 33.9 Å². The smallest absolute Gasteiger partial charge is 0.340 e. The number of carbonyl (C=O) groups is 1. The zero-order chi connectivity index (χ0) is 13.5. The summed E-state index contributed by atoms with van der Waals surface area (Å²) in [6, 6.07) is 3.63. The molecule has 0 spiro atoms. The second-order valence-corrected chi connectivity index (χ2v) is 3.36. The van der Waals surface area contributed by atoms with Crippen molar-refractivity contribution in [2.24, 2.45) is 0 Å². The molecule has 0 fully saturated rings. The van der Waals surface area contributed by atoms with Crippen molar-refractivity contribution >= 4 is 17.3 Å². The number of anilines is 1. The van der Waals surface area contributed by atoms with Crippen molar-refractivity contribution in [1.29, 1.82) is 0 Å². The number of nitrogens with two attached hydrogens (primary N) is 1. The Labute approximate surface area is 104 Å². The van der Waals surface area contributed by atoms with Crippen LogP contribution in [0.1, 0.15) is 17.3 Å². The fraction of sp³-hybridized carbons (Fsp3) is 0.364. The van der Waals surface area contributed by atoms with E-state index in [0.29, 0.717) is 6.61 Å². The standard InChI is InChI=1S/C11H14N2O5/c1-2-17-5-6-18-11(14)9-7-8(13(15)16)3-4-10(9)12/h3-4,7H,2,5-6,12H2,1H3. The molecule has 0 heterocycles. The Morgan fingerprint density at radius 2 is 2.17 bits per heavy atom. The Kier molecular flexibility index (Phi) is 5.06. The monoisotopic (exact) mass is 254 g/mol. The highest BCUT2D eigenvalue weighted by atomic mass is 16.6. The third-order valence-electron chi connectivity index (χ3n) is 2.13. The van der Waals surface area contributed by atoms with Gasteiger partial charge in [0.25, 0.3) is 5.69 Å². The first-order valence-corrected chi connectivity index (χ1v) is 5.35. The SMILES string of the molecule is CCOCCOC(=O)c1cc([N+](=O)[O-])ccc1N. The molecule has 0 aliphatic carbocycles. The van der Waals surface area contributed by atoms with Gasteiger partial charge in [-0.05, 0) is 13.0 Å². The molecule has 0 radical (unpaired) electrons. The maximum atomic E-state index is 11.6. The summed E-state index contributed by atoms with van der Waals surface area (Å²) in [5.41, 5.74) is 5.49. The van der Waals surface area contributed by atoms with Crippen LogP contribution in [0.2, 0.25) is 0 Å². The van der Waals surface area contributed by atoms with Crippen LogP contribution >= 0.6 is 0 Å². The van der Waals surface area contributed by atoms with Crippen LogP contribution in [0, 0.1) is 10.1 Å². The van der Waals surface area contributed by atoms with Gasteiger partial charge < -0.3 is 15.2 Å². The summed E-state index contributed by atoms with van der Waals surface area (Å²) in [6.45, 7) is 2.70. The average molecular weight is 254 g/mol. The molecule has 1 rings (SSSR count). The quantitative estimate of drug-likeness (QED) is 0.270. The third kappa shape index (κ3) is 3.70. The lowest BCUT2D eigenvalue weighted by atomic mass is 10.1. The number of carbonyl (C=O) groups excluding carboxylic acids is 1. The van der Waals surface area contributed by atoms with Gasteiger partial charge in [0.05, 0.1) is 17.1 Å². The molecule has 7 heteroatoms. The van der Waals surface area contributed by atoms with Crippen LogP contribution in [0.25, 0.3) is 0 Å². The number of hydrogen-bond donors (Lipinski definition) is 1. The number of hydrogen-bond acceptors (Lipinski definition) is 6. The maximum Gasteiger partial charge on any atom is 0.340 e. The van der Waals surface area contributed by atoms with Crippen molar-refractivity contribution in [3.63, 3.8) is 0 Å². The Morgan fingerprint density at radius 3 is 2.78 bits per heavy atom. The Morgan fingerprint density at radius 1 is 1.44 bits per heavy atom. The van der Waals surface area contributed by atoms with E-state index in [4.69, 9.17) is 15.2 Å². The van der Waals surface area contributed by atoms with Crippen molar-refractivity contribution < 1.29 is 19.2 Å². The van der Waals surface area contributed by atoms with Crippen LogP contribution in [0.15, 0.2) is 18.2 Å². The number of non-ortho nitro benzene ring substituents is 1. The summed E-state index contributed by atoms with van der Waals surface area (Å²) in [5.74, 6) is -0.698. The van der Waals surface area contributed by atoms with Crippen molar-refractivity contribution in [2.75, 3.05) is 25.6 Å². The molecule has 0 aromatic heterocycles. The average Bonchev–Trinajstić information content (AvgIpc) is 2.34. The lowest BCUT2D eigenvalue weighted by Crippen LogP contribution is -2.12. The van der Waals surface area contributed by atoms with Crippen LogP contribution in [0.4, 0.5) is 11.4 Å². The summed E-state index contributed by atoms with van der Waals surface area (Å²) in [4.78, 5) is 21.6. The number of benzene rings is 1. The van der Waals surface area contributed by atoms with E-state index in [1.54, 1.807) is 0 Å². The summed E-state index contributed by atoms with van der Waals surface area (Å²) in [7, 11) is 0. The second kappa shape index (κ2) is 6.55. The first kappa shape index (κ1) is 13.9. The first-order valence-electron chi connectivity index (χ1n) is 5.35. The van der Waals surface area contributed by atoms with Crippen molar-refractivity contribution in [2.45, 2.75) is 6.92 Å².